The summed E-state index contributed by atoms with van der Waals surface area (Å²) in [5, 5.41) is 9.38. The van der Waals surface area contributed by atoms with Crippen molar-refractivity contribution in [2.24, 2.45) is 5.92 Å². The van der Waals surface area contributed by atoms with Crippen LogP contribution in [0.25, 0.3) is 0 Å². The molecule has 1 aromatic carbocycles. The molecule has 2 saturated heterocycles. The van der Waals surface area contributed by atoms with Gasteiger partial charge in [0.25, 0.3) is 0 Å². The first-order valence-corrected chi connectivity index (χ1v) is 8.96. The molecule has 3 nitrogen and oxygen atoms in total. The van der Waals surface area contributed by atoms with Crippen LogP contribution in [0.1, 0.15) is 43.2 Å². The van der Waals surface area contributed by atoms with Crippen molar-refractivity contribution in [2.45, 2.75) is 49.0 Å². The number of Topliss-reactive ketones (excluding diaryl/α,β-unsaturated/α-hetero) is 1. The Morgan fingerprint density at radius 1 is 1.32 bits per heavy atom. The van der Waals surface area contributed by atoms with Crippen molar-refractivity contribution >= 4 is 16.6 Å². The highest BCUT2D eigenvalue weighted by Gasteiger charge is 2.40. The van der Waals surface area contributed by atoms with Crippen molar-refractivity contribution in [1.82, 2.24) is 0 Å². The Kier molecular flexibility index (Phi) is 4.39. The number of rotatable bonds is 3. The third-order valence-corrected chi connectivity index (χ3v) is 6.99. The van der Waals surface area contributed by atoms with E-state index in [1.807, 2.05) is 6.07 Å². The van der Waals surface area contributed by atoms with Gasteiger partial charge in [0, 0.05) is 33.6 Å². The van der Waals surface area contributed by atoms with Crippen molar-refractivity contribution in [3.8, 4) is 6.07 Å². The van der Waals surface area contributed by atoms with Crippen LogP contribution in [-0.4, -0.2) is 20.5 Å². The Hall–Kier alpha value is -1.54. The molecule has 2 heterocycles. The minimum atomic E-state index is -0.783. The molecule has 116 valence electrons. The third-order valence-electron chi connectivity index (χ3n) is 4.82. The summed E-state index contributed by atoms with van der Waals surface area (Å²) in [5.74, 6) is -0.434. The predicted molar refractivity (Wildman–Crippen MR) is 82.1 cm³/mol. The summed E-state index contributed by atoms with van der Waals surface area (Å²) < 4.78 is 25.3. The number of halogens is 1. The monoisotopic (exact) mass is 319 g/mol. The van der Waals surface area contributed by atoms with Gasteiger partial charge in [-0.1, -0.05) is 12.5 Å². The maximum absolute atomic E-state index is 13.2. The number of carbonyl (C=O) groups excluding carboxylic acids is 1. The van der Waals surface area contributed by atoms with Crippen LogP contribution in [0.3, 0.4) is 0 Å². The van der Waals surface area contributed by atoms with Gasteiger partial charge in [0.1, 0.15) is 11.6 Å². The minimum Gasteiger partial charge on any atom is -0.299 e. The predicted octanol–water partition coefficient (Wildman–Crippen LogP) is 2.89. The highest BCUT2D eigenvalue weighted by molar-refractivity contribution is 7.86. The Bertz CT molecular complexity index is 651. The lowest BCUT2D eigenvalue weighted by Gasteiger charge is -2.37. The number of nitrogens with zero attached hydrogens (tertiary/aromatic N) is 1. The summed E-state index contributed by atoms with van der Waals surface area (Å²) in [6.45, 7) is 0. The molecule has 3 rings (SSSR count). The second kappa shape index (κ2) is 6.29. The maximum atomic E-state index is 13.2. The van der Waals surface area contributed by atoms with Crippen LogP contribution in [0, 0.1) is 23.1 Å². The first-order valence-electron chi connectivity index (χ1n) is 7.69. The van der Waals surface area contributed by atoms with Crippen LogP contribution in [0.4, 0.5) is 4.39 Å². The number of benzene rings is 1. The number of hydrogen-bond acceptors (Lipinski definition) is 3. The molecule has 0 aromatic heterocycles. The van der Waals surface area contributed by atoms with Gasteiger partial charge < -0.3 is 0 Å². The number of carbonyl (C=O) groups is 1. The van der Waals surface area contributed by atoms with E-state index in [2.05, 4.69) is 0 Å². The molecule has 0 spiro atoms. The van der Waals surface area contributed by atoms with E-state index in [9.17, 15) is 13.4 Å². The van der Waals surface area contributed by atoms with E-state index < -0.39 is 16.6 Å². The van der Waals surface area contributed by atoms with Crippen molar-refractivity contribution in [2.75, 3.05) is 0 Å². The average molecular weight is 319 g/mol. The fourth-order valence-corrected chi connectivity index (χ4v) is 5.82. The quantitative estimate of drug-likeness (QED) is 0.861. The topological polar surface area (TPSA) is 57.9 Å². The van der Waals surface area contributed by atoms with Crippen LogP contribution in [-0.2, 0) is 22.0 Å². The summed E-state index contributed by atoms with van der Waals surface area (Å²) in [7, 11) is -0.783. The van der Waals surface area contributed by atoms with Gasteiger partial charge in [-0.15, -0.1) is 0 Å². The van der Waals surface area contributed by atoms with E-state index in [1.54, 1.807) is 0 Å². The van der Waals surface area contributed by atoms with Crippen molar-refractivity contribution in [1.29, 1.82) is 5.26 Å². The molecule has 0 amide bonds. The van der Waals surface area contributed by atoms with Crippen LogP contribution in [0.2, 0.25) is 0 Å². The molecule has 2 unspecified atom stereocenters. The lowest BCUT2D eigenvalue weighted by molar-refractivity contribution is -0.122. The van der Waals surface area contributed by atoms with Gasteiger partial charge in [0.2, 0.25) is 0 Å². The standard InChI is InChI=1S/C17H18FNO2S/c18-14-5-4-11(13(6-14)10-19)9-17(20)12-7-15-2-1-3-16(8-12)22(15)21/h4-6,12,15-16H,1-3,7-9H2. The Morgan fingerprint density at radius 3 is 2.64 bits per heavy atom. The fourth-order valence-electron chi connectivity index (χ4n) is 3.64. The third kappa shape index (κ3) is 2.98. The van der Waals surface area contributed by atoms with Gasteiger partial charge in [-0.2, -0.15) is 5.26 Å². The number of ketones is 1. The van der Waals surface area contributed by atoms with Crippen molar-refractivity contribution in [3.63, 3.8) is 0 Å². The van der Waals surface area contributed by atoms with E-state index in [4.69, 9.17) is 5.26 Å². The average Bonchev–Trinajstić information content (AvgIpc) is 2.48. The van der Waals surface area contributed by atoms with E-state index >= 15 is 0 Å². The Labute approximate surface area is 132 Å². The second-order valence-corrected chi connectivity index (χ2v) is 8.22. The molecule has 22 heavy (non-hydrogen) atoms. The highest BCUT2D eigenvalue weighted by atomic mass is 32.2. The molecule has 0 radical (unpaired) electrons. The summed E-state index contributed by atoms with van der Waals surface area (Å²) >= 11 is 0. The molecule has 0 N–H and O–H groups in total. The zero-order valence-electron chi connectivity index (χ0n) is 12.3. The highest BCUT2D eigenvalue weighted by Crippen LogP contribution is 2.37. The lowest BCUT2D eigenvalue weighted by Crippen LogP contribution is -2.41. The SMILES string of the molecule is N#Cc1cc(F)ccc1CC(=O)C1CC2CCCC(C1)S2=O. The fraction of sp³-hybridized carbons (Fsp3) is 0.529. The Morgan fingerprint density at radius 2 is 2.00 bits per heavy atom. The first kappa shape index (κ1) is 15.4. The van der Waals surface area contributed by atoms with Gasteiger partial charge in [-0.05, 0) is 43.4 Å². The molecule has 2 bridgehead atoms. The largest absolute Gasteiger partial charge is 0.299 e. The van der Waals surface area contributed by atoms with Crippen molar-refractivity contribution in [3.05, 3.63) is 35.1 Å². The normalized spacial score (nSPS) is 30.5. The summed E-state index contributed by atoms with van der Waals surface area (Å²) in [6.07, 6.45) is 4.58. The molecule has 0 aliphatic carbocycles. The molecule has 5 heteroatoms. The number of fused-ring (bicyclic) bond motifs is 2. The molecule has 2 aliphatic rings. The zero-order valence-corrected chi connectivity index (χ0v) is 13.1. The molecule has 2 atom stereocenters. The first-order chi connectivity index (χ1) is 10.6. The van der Waals surface area contributed by atoms with Crippen LogP contribution >= 0.6 is 0 Å². The van der Waals surface area contributed by atoms with Gasteiger partial charge in [-0.25, -0.2) is 4.39 Å². The minimum absolute atomic E-state index is 0.0652. The van der Waals surface area contributed by atoms with Gasteiger partial charge in [0.05, 0.1) is 11.6 Å². The van der Waals surface area contributed by atoms with Gasteiger partial charge in [0.15, 0.2) is 0 Å². The molecular formula is C17H18FNO2S. The summed E-state index contributed by atoms with van der Waals surface area (Å²) in [6, 6.07) is 5.93. The van der Waals surface area contributed by atoms with E-state index in [0.717, 1.165) is 19.3 Å². The smallest absolute Gasteiger partial charge is 0.140 e. The van der Waals surface area contributed by atoms with Crippen molar-refractivity contribution < 1.29 is 13.4 Å². The Balaban J connectivity index is 1.73. The summed E-state index contributed by atoms with van der Waals surface area (Å²) in [4.78, 5) is 12.6. The van der Waals surface area contributed by atoms with Gasteiger partial charge >= 0.3 is 0 Å². The van der Waals surface area contributed by atoms with E-state index in [-0.39, 0.29) is 34.2 Å². The molecule has 1 aromatic rings. The number of nitriles is 1. The lowest BCUT2D eigenvalue weighted by atomic mass is 9.84. The molecule has 2 aliphatic heterocycles. The van der Waals surface area contributed by atoms with Gasteiger partial charge in [-0.3, -0.25) is 9.00 Å². The van der Waals surface area contributed by atoms with Crippen LogP contribution in [0.5, 0.6) is 0 Å². The van der Waals surface area contributed by atoms with Crippen LogP contribution < -0.4 is 0 Å². The summed E-state index contributed by atoms with van der Waals surface area (Å²) in [5.41, 5.74) is 0.818. The molecular weight excluding hydrogens is 301 g/mol. The molecule has 2 fully saturated rings. The zero-order chi connectivity index (χ0) is 15.7. The number of hydrogen-bond donors (Lipinski definition) is 0. The van der Waals surface area contributed by atoms with Crippen LogP contribution in [0.15, 0.2) is 18.2 Å². The van der Waals surface area contributed by atoms with E-state index in [1.165, 1.54) is 18.2 Å². The van der Waals surface area contributed by atoms with E-state index in [0.29, 0.717) is 18.4 Å². The molecule has 0 saturated carbocycles. The second-order valence-electron chi connectivity index (χ2n) is 6.23. The maximum Gasteiger partial charge on any atom is 0.140 e.